The number of benzene rings is 3. The number of alkyl halides is 3. The zero-order valence-corrected chi connectivity index (χ0v) is 23.8. The van der Waals surface area contributed by atoms with Gasteiger partial charge in [0.2, 0.25) is 5.84 Å². The molecule has 8 nitrogen and oxygen atoms in total. The summed E-state index contributed by atoms with van der Waals surface area (Å²) in [6.45, 7) is 7.53. The lowest BCUT2D eigenvalue weighted by atomic mass is 9.95. The molecular weight excluding hydrogens is 559 g/mol. The smallest absolute Gasteiger partial charge is 0.450 e. The topological polar surface area (TPSA) is 122 Å². The molecule has 0 spiro atoms. The predicted molar refractivity (Wildman–Crippen MR) is 159 cm³/mol. The molecule has 1 aliphatic rings. The van der Waals surface area contributed by atoms with E-state index in [1.54, 1.807) is 36.7 Å². The highest BCUT2D eigenvalue weighted by Crippen LogP contribution is 2.43. The van der Waals surface area contributed by atoms with Crippen molar-refractivity contribution in [2.45, 2.75) is 38.4 Å². The van der Waals surface area contributed by atoms with Crippen molar-refractivity contribution in [3.63, 3.8) is 0 Å². The number of amides is 2. The van der Waals surface area contributed by atoms with E-state index in [0.29, 0.717) is 40.7 Å². The minimum Gasteiger partial charge on any atom is -0.455 e. The van der Waals surface area contributed by atoms with Crippen LogP contribution in [0.15, 0.2) is 82.3 Å². The highest BCUT2D eigenvalue weighted by molar-refractivity contribution is 6.12. The van der Waals surface area contributed by atoms with Gasteiger partial charge in [-0.1, -0.05) is 48.5 Å². The third-order valence-electron chi connectivity index (χ3n) is 7.57. The molecule has 1 saturated carbocycles. The number of nitrogens with one attached hydrogen (secondary N) is 3. The molecule has 5 N–H and O–H groups in total. The molecule has 43 heavy (non-hydrogen) atoms. The van der Waals surface area contributed by atoms with E-state index in [4.69, 9.17) is 10.3 Å². The Balaban J connectivity index is 1.49. The lowest BCUT2D eigenvalue weighted by Crippen LogP contribution is -2.43. The summed E-state index contributed by atoms with van der Waals surface area (Å²) in [5.41, 5.74) is 5.74. The molecule has 5 rings (SSSR count). The maximum atomic E-state index is 13.3. The fraction of sp³-hybridized carbons (Fsp3) is 0.219. The molecule has 222 valence electrons. The molecule has 11 heteroatoms. The van der Waals surface area contributed by atoms with Gasteiger partial charge in [0.1, 0.15) is 11.3 Å². The second-order valence-corrected chi connectivity index (χ2v) is 10.6. The standard InChI is InChI=1S/C32H30F3N5O3/c1-17-5-8-20(9-6-17)27-26(29(42)37-4)24-15-21(11-12-25(24)43-27)23-16-22(10-7-18(23)2)28(41)39-31(13-14-31)19(3)38-30(40-36)32(33,34)35/h5-12,15-16H,3,13-14,36H2,1-2,4H3,(H,37,42)(H,38,40)(H,39,41). The van der Waals surface area contributed by atoms with Crippen LogP contribution in [-0.2, 0) is 0 Å². The van der Waals surface area contributed by atoms with Gasteiger partial charge in [-0.3, -0.25) is 9.59 Å². The van der Waals surface area contributed by atoms with Crippen molar-refractivity contribution in [3.8, 4) is 22.5 Å². The molecule has 2 amide bonds. The number of carbonyl (C=O) groups is 2. The first-order chi connectivity index (χ1) is 20.4. The van der Waals surface area contributed by atoms with Crippen molar-refractivity contribution in [3.05, 3.63) is 95.2 Å². The van der Waals surface area contributed by atoms with E-state index in [0.717, 1.165) is 27.8 Å². The summed E-state index contributed by atoms with van der Waals surface area (Å²) in [4.78, 5) is 29.8. The van der Waals surface area contributed by atoms with Crippen LogP contribution in [0.5, 0.6) is 0 Å². The van der Waals surface area contributed by atoms with Crippen LogP contribution in [0.4, 0.5) is 13.2 Å². The van der Waals surface area contributed by atoms with E-state index in [9.17, 15) is 22.8 Å². The number of carbonyl (C=O) groups excluding carboxylic acids is 2. The van der Waals surface area contributed by atoms with Crippen molar-refractivity contribution >= 4 is 28.6 Å². The summed E-state index contributed by atoms with van der Waals surface area (Å²) in [5.74, 6) is 3.27. The largest absolute Gasteiger partial charge is 0.455 e. The second kappa shape index (κ2) is 11.1. The number of hydrazine groups is 1. The highest BCUT2D eigenvalue weighted by Gasteiger charge is 2.48. The minimum absolute atomic E-state index is 0.144. The van der Waals surface area contributed by atoms with Crippen molar-refractivity contribution in [2.75, 3.05) is 7.05 Å². The predicted octanol–water partition coefficient (Wildman–Crippen LogP) is 5.94. The van der Waals surface area contributed by atoms with Gasteiger partial charge in [-0.15, -0.1) is 0 Å². The molecule has 0 saturated heterocycles. The number of aliphatic imine (C=N–C) groups is 1. The molecule has 0 unspecified atom stereocenters. The van der Waals surface area contributed by atoms with E-state index < -0.39 is 23.5 Å². The number of hydrogen-bond acceptors (Lipinski definition) is 5. The number of rotatable bonds is 7. The highest BCUT2D eigenvalue weighted by atomic mass is 19.4. The van der Waals surface area contributed by atoms with Crippen LogP contribution in [0.3, 0.4) is 0 Å². The van der Waals surface area contributed by atoms with Crippen molar-refractivity contribution < 1.29 is 27.2 Å². The molecule has 0 bridgehead atoms. The molecular formula is C32H30F3N5O3. The Morgan fingerprint density at radius 3 is 2.26 bits per heavy atom. The Kier molecular flexibility index (Phi) is 7.61. The van der Waals surface area contributed by atoms with E-state index in [1.807, 2.05) is 50.2 Å². The maximum Gasteiger partial charge on any atom is 0.450 e. The molecule has 1 aromatic heterocycles. The number of amidine groups is 1. The monoisotopic (exact) mass is 589 g/mol. The normalized spacial score (nSPS) is 14.3. The molecule has 1 aliphatic carbocycles. The Morgan fingerprint density at radius 1 is 0.977 bits per heavy atom. The average Bonchev–Trinajstić information content (AvgIpc) is 3.66. The first-order valence-corrected chi connectivity index (χ1v) is 13.5. The fourth-order valence-electron chi connectivity index (χ4n) is 4.92. The first-order valence-electron chi connectivity index (χ1n) is 13.5. The summed E-state index contributed by atoms with van der Waals surface area (Å²) >= 11 is 0. The molecule has 1 heterocycles. The quantitative estimate of drug-likeness (QED) is 0.0920. The SMILES string of the molecule is C=C(N=C(NN)C(F)(F)F)C1(NC(=O)c2ccc(C)c(-c3ccc4oc(-c5ccc(C)cc5)c(C(=O)NC)c4c3)c2)CC1. The van der Waals surface area contributed by atoms with Crippen LogP contribution in [0, 0.1) is 13.8 Å². The molecule has 0 radical (unpaired) electrons. The van der Waals surface area contributed by atoms with Crippen LogP contribution in [0.2, 0.25) is 0 Å². The number of furan rings is 1. The van der Waals surface area contributed by atoms with Gasteiger partial charge in [-0.05, 0) is 67.6 Å². The van der Waals surface area contributed by atoms with E-state index in [2.05, 4.69) is 22.2 Å². The first kappa shape index (κ1) is 29.6. The van der Waals surface area contributed by atoms with Gasteiger partial charge in [-0.2, -0.15) is 13.2 Å². The van der Waals surface area contributed by atoms with Gasteiger partial charge in [-0.25, -0.2) is 10.8 Å². The number of nitrogens with two attached hydrogens (primary N) is 1. The Morgan fingerprint density at radius 2 is 1.65 bits per heavy atom. The number of fused-ring (bicyclic) bond motifs is 1. The van der Waals surface area contributed by atoms with Gasteiger partial charge in [0, 0.05) is 23.6 Å². The number of halogens is 3. The van der Waals surface area contributed by atoms with Crippen LogP contribution in [-0.4, -0.2) is 36.4 Å². The van der Waals surface area contributed by atoms with Crippen molar-refractivity contribution in [1.29, 1.82) is 0 Å². The van der Waals surface area contributed by atoms with Gasteiger partial charge in [0.15, 0.2) is 0 Å². The maximum absolute atomic E-state index is 13.3. The van der Waals surface area contributed by atoms with Gasteiger partial charge in [0.05, 0.1) is 16.8 Å². The summed E-state index contributed by atoms with van der Waals surface area (Å²) in [5, 5.41) is 6.11. The lowest BCUT2D eigenvalue weighted by Gasteiger charge is -2.19. The molecule has 0 atom stereocenters. The van der Waals surface area contributed by atoms with Gasteiger partial charge < -0.3 is 20.5 Å². The van der Waals surface area contributed by atoms with E-state index >= 15 is 0 Å². The number of hydrogen-bond donors (Lipinski definition) is 4. The van der Waals surface area contributed by atoms with Gasteiger partial charge in [0.25, 0.3) is 11.8 Å². The fourth-order valence-corrected chi connectivity index (χ4v) is 4.92. The lowest BCUT2D eigenvalue weighted by molar-refractivity contribution is -0.0618. The molecule has 1 fully saturated rings. The molecule has 3 aromatic carbocycles. The number of aryl methyl sites for hydroxylation is 2. The summed E-state index contributed by atoms with van der Waals surface area (Å²) in [7, 11) is 1.55. The molecule has 0 aliphatic heterocycles. The van der Waals surface area contributed by atoms with E-state index in [-0.39, 0.29) is 11.6 Å². The zero-order valence-electron chi connectivity index (χ0n) is 23.8. The van der Waals surface area contributed by atoms with E-state index in [1.165, 1.54) is 0 Å². The summed E-state index contributed by atoms with van der Waals surface area (Å²) < 4.78 is 45.5. The van der Waals surface area contributed by atoms with Crippen molar-refractivity contribution in [2.24, 2.45) is 10.8 Å². The summed E-state index contributed by atoms with van der Waals surface area (Å²) in [6.07, 6.45) is -4.02. The third-order valence-corrected chi connectivity index (χ3v) is 7.57. The zero-order chi connectivity index (χ0) is 31.1. The van der Waals surface area contributed by atoms with Crippen LogP contribution in [0.1, 0.15) is 44.7 Å². The Labute approximate surface area is 245 Å². The average molecular weight is 590 g/mol. The van der Waals surface area contributed by atoms with Crippen LogP contribution in [0.25, 0.3) is 33.4 Å². The van der Waals surface area contributed by atoms with Crippen LogP contribution >= 0.6 is 0 Å². The number of nitrogens with zero attached hydrogens (tertiary/aromatic N) is 1. The Bertz CT molecular complexity index is 1780. The van der Waals surface area contributed by atoms with Gasteiger partial charge >= 0.3 is 6.18 Å². The van der Waals surface area contributed by atoms with Crippen molar-refractivity contribution in [1.82, 2.24) is 16.1 Å². The summed E-state index contributed by atoms with van der Waals surface area (Å²) in [6, 6.07) is 18.3. The van der Waals surface area contributed by atoms with Crippen LogP contribution < -0.4 is 21.9 Å². The Hall–Kier alpha value is -4.90. The third kappa shape index (κ3) is 5.76. The minimum atomic E-state index is -4.79. The molecule has 4 aromatic rings. The second-order valence-electron chi connectivity index (χ2n) is 10.6.